The van der Waals surface area contributed by atoms with E-state index in [2.05, 4.69) is 18.7 Å². The second-order valence-electron chi connectivity index (χ2n) is 12.2. The number of methoxy groups -OCH3 is 1. The maximum atomic E-state index is 14.9. The predicted molar refractivity (Wildman–Crippen MR) is 168 cm³/mol. The molecule has 2 aliphatic heterocycles. The van der Waals surface area contributed by atoms with E-state index < -0.39 is 23.4 Å². The van der Waals surface area contributed by atoms with Crippen LogP contribution < -0.4 is 9.64 Å². The lowest BCUT2D eigenvalue weighted by atomic mass is 9.64. The summed E-state index contributed by atoms with van der Waals surface area (Å²) in [6.45, 7) is 4.34. The Labute approximate surface area is 251 Å². The van der Waals surface area contributed by atoms with Gasteiger partial charge < -0.3 is 9.64 Å². The Bertz CT molecular complexity index is 1750. The molecule has 4 aromatic rings. The molecule has 0 unspecified atom stereocenters. The predicted octanol–water partition coefficient (Wildman–Crippen LogP) is 7.21. The van der Waals surface area contributed by atoms with Gasteiger partial charge in [-0.15, -0.1) is 0 Å². The second-order valence-corrected chi connectivity index (χ2v) is 12.2. The molecule has 1 spiro atoms. The van der Waals surface area contributed by atoms with Crippen LogP contribution in [0.3, 0.4) is 0 Å². The zero-order valence-electron chi connectivity index (χ0n) is 24.5. The van der Waals surface area contributed by atoms with E-state index in [4.69, 9.17) is 4.74 Å². The molecule has 1 fully saturated rings. The SMILES string of the molecule is COc1ccc([C@@H]2[C@H](C(=O)c3ccc(CC(C)C)cc3)N3c4ccccc4C=C[C@H]3C23C(=O)c2ccccc2C3=O)cc1. The molecule has 1 aliphatic carbocycles. The van der Waals surface area contributed by atoms with Gasteiger partial charge in [0, 0.05) is 28.3 Å². The van der Waals surface area contributed by atoms with Crippen molar-refractivity contribution in [2.24, 2.45) is 11.3 Å². The average molecular weight is 568 g/mol. The summed E-state index contributed by atoms with van der Waals surface area (Å²) in [5.74, 6) is -0.148. The molecule has 4 aromatic carbocycles. The van der Waals surface area contributed by atoms with Crippen LogP contribution in [0.2, 0.25) is 0 Å². The quantitative estimate of drug-likeness (QED) is 0.182. The number of fused-ring (bicyclic) bond motifs is 5. The molecule has 0 saturated carbocycles. The number of carbonyl (C=O) groups is 3. The number of carbonyl (C=O) groups excluding carboxylic acids is 3. The van der Waals surface area contributed by atoms with E-state index in [1.165, 1.54) is 5.56 Å². The number of benzene rings is 4. The van der Waals surface area contributed by atoms with Crippen molar-refractivity contribution >= 4 is 29.1 Å². The third-order valence-electron chi connectivity index (χ3n) is 9.34. The van der Waals surface area contributed by atoms with Gasteiger partial charge in [-0.1, -0.05) is 105 Å². The highest BCUT2D eigenvalue weighted by Crippen LogP contribution is 2.61. The number of hydrogen-bond donors (Lipinski definition) is 0. The number of Topliss-reactive ketones (excluding diaryl/α,β-unsaturated/α-hetero) is 3. The lowest BCUT2D eigenvalue weighted by Crippen LogP contribution is -2.48. The van der Waals surface area contributed by atoms with Gasteiger partial charge in [0.2, 0.25) is 0 Å². The Morgan fingerprint density at radius 3 is 2.09 bits per heavy atom. The molecule has 5 nitrogen and oxygen atoms in total. The Balaban J connectivity index is 1.48. The van der Waals surface area contributed by atoms with Gasteiger partial charge in [-0.3, -0.25) is 14.4 Å². The fraction of sp³-hybridized carbons (Fsp3) is 0.237. The molecule has 3 atom stereocenters. The number of hydrogen-bond acceptors (Lipinski definition) is 5. The van der Waals surface area contributed by atoms with Gasteiger partial charge in [-0.2, -0.15) is 0 Å². The minimum absolute atomic E-state index is 0.111. The van der Waals surface area contributed by atoms with E-state index in [-0.39, 0.29) is 17.3 Å². The third-order valence-corrected chi connectivity index (χ3v) is 9.34. The maximum absolute atomic E-state index is 14.9. The van der Waals surface area contributed by atoms with E-state index in [9.17, 15) is 14.4 Å². The van der Waals surface area contributed by atoms with Gasteiger partial charge in [-0.05, 0) is 47.2 Å². The Morgan fingerprint density at radius 2 is 1.47 bits per heavy atom. The Hall–Kier alpha value is -4.77. The molecule has 43 heavy (non-hydrogen) atoms. The molecule has 1 saturated heterocycles. The highest BCUT2D eigenvalue weighted by Gasteiger charge is 2.71. The van der Waals surface area contributed by atoms with Gasteiger partial charge in [0.15, 0.2) is 17.3 Å². The van der Waals surface area contributed by atoms with Crippen LogP contribution in [0.4, 0.5) is 5.69 Å². The van der Waals surface area contributed by atoms with Crippen molar-refractivity contribution < 1.29 is 19.1 Å². The standard InChI is InChI=1S/C38H33NO4/c1-23(2)22-24-12-14-27(15-13-24)35(40)34-33(26-16-19-28(43-3)20-17-26)38(36(41)29-9-5-6-10-30(29)37(38)42)32-21-18-25-8-4-7-11-31(25)39(32)34/h4-21,23,32-34H,22H2,1-3H3/t32-,33+,34+/m0/s1. The molecule has 0 radical (unpaired) electrons. The first kappa shape index (κ1) is 27.1. The van der Waals surface area contributed by atoms with E-state index >= 15 is 0 Å². The highest BCUT2D eigenvalue weighted by atomic mass is 16.5. The first-order chi connectivity index (χ1) is 20.9. The largest absolute Gasteiger partial charge is 0.497 e. The molecule has 3 aliphatic rings. The van der Waals surface area contributed by atoms with E-state index in [1.807, 2.05) is 84.9 Å². The fourth-order valence-corrected chi connectivity index (χ4v) is 7.55. The second kappa shape index (κ2) is 10.2. The molecule has 2 heterocycles. The zero-order chi connectivity index (χ0) is 29.9. The molecular formula is C38H33NO4. The van der Waals surface area contributed by atoms with Crippen LogP contribution in [-0.4, -0.2) is 36.5 Å². The van der Waals surface area contributed by atoms with Crippen LogP contribution in [-0.2, 0) is 6.42 Å². The van der Waals surface area contributed by atoms with Gasteiger partial charge in [0.25, 0.3) is 0 Å². The molecule has 0 bridgehead atoms. The van der Waals surface area contributed by atoms with E-state index in [0.29, 0.717) is 28.4 Å². The van der Waals surface area contributed by atoms with Crippen LogP contribution in [0, 0.1) is 11.3 Å². The van der Waals surface area contributed by atoms with Crippen LogP contribution in [0.1, 0.15) is 67.5 Å². The number of rotatable bonds is 6. The summed E-state index contributed by atoms with van der Waals surface area (Å²) in [7, 11) is 1.60. The summed E-state index contributed by atoms with van der Waals surface area (Å²) in [6.07, 6.45) is 4.86. The molecule has 0 N–H and O–H groups in total. The zero-order valence-corrected chi connectivity index (χ0v) is 24.5. The lowest BCUT2D eigenvalue weighted by Gasteiger charge is -2.37. The fourth-order valence-electron chi connectivity index (χ4n) is 7.55. The van der Waals surface area contributed by atoms with E-state index in [0.717, 1.165) is 23.2 Å². The topological polar surface area (TPSA) is 63.7 Å². The Kier molecular flexibility index (Phi) is 6.42. The number of para-hydroxylation sites is 1. The lowest BCUT2D eigenvalue weighted by molar-refractivity contribution is 0.0666. The normalized spacial score (nSPS) is 21.2. The summed E-state index contributed by atoms with van der Waals surface area (Å²) in [5, 5.41) is 0. The minimum atomic E-state index is -1.51. The van der Waals surface area contributed by atoms with Gasteiger partial charge >= 0.3 is 0 Å². The van der Waals surface area contributed by atoms with Gasteiger partial charge in [-0.25, -0.2) is 0 Å². The molecule has 214 valence electrons. The van der Waals surface area contributed by atoms with Gasteiger partial charge in [0.05, 0.1) is 13.2 Å². The van der Waals surface area contributed by atoms with Crippen molar-refractivity contribution in [2.75, 3.05) is 12.0 Å². The minimum Gasteiger partial charge on any atom is -0.497 e. The average Bonchev–Trinajstić information content (AvgIpc) is 3.47. The first-order valence-electron chi connectivity index (χ1n) is 14.9. The molecule has 7 rings (SSSR count). The Morgan fingerprint density at radius 1 is 0.837 bits per heavy atom. The van der Waals surface area contributed by atoms with Crippen LogP contribution >= 0.6 is 0 Å². The number of ether oxygens (including phenoxy) is 1. The third kappa shape index (κ3) is 3.94. The number of anilines is 1. The molecule has 0 aromatic heterocycles. The summed E-state index contributed by atoms with van der Waals surface area (Å²) in [5.41, 5.74) is 3.61. The summed E-state index contributed by atoms with van der Waals surface area (Å²) in [6, 6.07) is 28.8. The maximum Gasteiger partial charge on any atom is 0.185 e. The van der Waals surface area contributed by atoms with Crippen molar-refractivity contribution in [1.29, 1.82) is 0 Å². The molecule has 0 amide bonds. The number of nitrogens with zero attached hydrogens (tertiary/aromatic N) is 1. The smallest absolute Gasteiger partial charge is 0.185 e. The van der Waals surface area contributed by atoms with Crippen molar-refractivity contribution in [2.45, 2.75) is 38.3 Å². The summed E-state index contributed by atoms with van der Waals surface area (Å²) >= 11 is 0. The summed E-state index contributed by atoms with van der Waals surface area (Å²) < 4.78 is 5.44. The van der Waals surface area contributed by atoms with Crippen molar-refractivity contribution in [3.8, 4) is 5.75 Å². The van der Waals surface area contributed by atoms with Crippen molar-refractivity contribution in [3.63, 3.8) is 0 Å². The molecule has 5 heteroatoms. The van der Waals surface area contributed by atoms with Crippen LogP contribution in [0.25, 0.3) is 6.08 Å². The van der Waals surface area contributed by atoms with Crippen LogP contribution in [0.15, 0.2) is 103 Å². The summed E-state index contributed by atoms with van der Waals surface area (Å²) in [4.78, 5) is 46.4. The van der Waals surface area contributed by atoms with Crippen molar-refractivity contribution in [1.82, 2.24) is 0 Å². The van der Waals surface area contributed by atoms with E-state index in [1.54, 1.807) is 31.4 Å². The van der Waals surface area contributed by atoms with Gasteiger partial charge in [0.1, 0.15) is 17.2 Å². The molecular weight excluding hydrogens is 534 g/mol. The first-order valence-corrected chi connectivity index (χ1v) is 14.9. The number of ketones is 3. The van der Waals surface area contributed by atoms with Crippen molar-refractivity contribution in [3.05, 3.63) is 137 Å². The monoisotopic (exact) mass is 567 g/mol. The highest BCUT2D eigenvalue weighted by molar-refractivity contribution is 6.32. The van der Waals surface area contributed by atoms with Crippen LogP contribution in [0.5, 0.6) is 5.75 Å².